The van der Waals surface area contributed by atoms with Gasteiger partial charge in [-0.3, -0.25) is 9.59 Å². The van der Waals surface area contributed by atoms with E-state index < -0.39 is 5.41 Å². The highest BCUT2D eigenvalue weighted by atomic mass is 16.7. The Labute approximate surface area is 212 Å². The van der Waals surface area contributed by atoms with Gasteiger partial charge in [0.05, 0.1) is 13.5 Å². The molecule has 36 heavy (non-hydrogen) atoms. The van der Waals surface area contributed by atoms with Crippen molar-refractivity contribution >= 4 is 17.7 Å². The summed E-state index contributed by atoms with van der Waals surface area (Å²) >= 11 is 0. The summed E-state index contributed by atoms with van der Waals surface area (Å²) < 4.78 is 16.4. The molecule has 1 atom stereocenters. The second-order valence-corrected chi connectivity index (χ2v) is 9.38. The summed E-state index contributed by atoms with van der Waals surface area (Å²) in [7, 11) is 1.42. The quantitative estimate of drug-likeness (QED) is 0.371. The standard InChI is InChI=1S/C28H35N3O5/c1-34-27(33)19-28(24-20-35-21-36-24,18-22-8-3-2-4-9-22)23-12-16-31(17-13-23)26(32)11-7-15-30-25-10-5-6-14-29-25/h2-6,8-10,14,20,23H,7,11-13,15-19,21H2,1H3,(H,29,30). The van der Waals surface area contributed by atoms with Gasteiger partial charge < -0.3 is 24.4 Å². The number of nitrogens with zero attached hydrogens (tertiary/aromatic N) is 2. The third kappa shape index (κ3) is 6.36. The lowest BCUT2D eigenvalue weighted by Gasteiger charge is -2.44. The highest BCUT2D eigenvalue weighted by molar-refractivity contribution is 5.76. The highest BCUT2D eigenvalue weighted by Gasteiger charge is 2.48. The number of nitrogens with one attached hydrogen (secondary N) is 1. The first-order chi connectivity index (χ1) is 17.6. The highest BCUT2D eigenvalue weighted by Crippen LogP contribution is 2.48. The van der Waals surface area contributed by atoms with Gasteiger partial charge in [-0.25, -0.2) is 4.98 Å². The first kappa shape index (κ1) is 25.5. The average Bonchev–Trinajstić information content (AvgIpc) is 3.47. The number of ether oxygens (including phenoxy) is 3. The molecule has 1 unspecified atom stereocenters. The Balaban J connectivity index is 1.40. The molecule has 4 rings (SSSR count). The van der Waals surface area contributed by atoms with Crippen LogP contribution in [0.5, 0.6) is 0 Å². The molecule has 1 aromatic carbocycles. The van der Waals surface area contributed by atoms with Crippen LogP contribution in [0.1, 0.15) is 37.7 Å². The second kappa shape index (κ2) is 12.4. The third-order valence-corrected chi connectivity index (χ3v) is 7.18. The van der Waals surface area contributed by atoms with Crippen molar-refractivity contribution in [2.24, 2.45) is 11.3 Å². The Morgan fingerprint density at radius 2 is 1.92 bits per heavy atom. The predicted octanol–water partition coefficient (Wildman–Crippen LogP) is 4.15. The summed E-state index contributed by atoms with van der Waals surface area (Å²) in [5.74, 6) is 1.54. The van der Waals surface area contributed by atoms with Crippen molar-refractivity contribution in [2.75, 3.05) is 38.9 Å². The molecule has 1 saturated heterocycles. The van der Waals surface area contributed by atoms with Crippen molar-refractivity contribution in [3.63, 3.8) is 0 Å². The molecule has 2 aliphatic heterocycles. The smallest absolute Gasteiger partial charge is 0.306 e. The zero-order chi connectivity index (χ0) is 25.2. The largest absolute Gasteiger partial charge is 0.469 e. The molecule has 0 bridgehead atoms. The molecular formula is C28H35N3O5. The number of hydrogen-bond acceptors (Lipinski definition) is 7. The molecule has 2 aromatic rings. The van der Waals surface area contributed by atoms with E-state index in [1.165, 1.54) is 7.11 Å². The Morgan fingerprint density at radius 3 is 2.58 bits per heavy atom. The third-order valence-electron chi connectivity index (χ3n) is 7.18. The number of amides is 1. The Bertz CT molecular complexity index is 1020. The Morgan fingerprint density at radius 1 is 1.14 bits per heavy atom. The van der Waals surface area contributed by atoms with Crippen LogP contribution in [0.4, 0.5) is 5.82 Å². The summed E-state index contributed by atoms with van der Waals surface area (Å²) in [6.07, 6.45) is 7.02. The Hall–Kier alpha value is -3.55. The number of rotatable bonds is 11. The van der Waals surface area contributed by atoms with Crippen molar-refractivity contribution in [3.05, 3.63) is 72.3 Å². The van der Waals surface area contributed by atoms with Gasteiger partial charge in [-0.2, -0.15) is 0 Å². The van der Waals surface area contributed by atoms with E-state index in [0.29, 0.717) is 38.2 Å². The van der Waals surface area contributed by atoms with E-state index in [-0.39, 0.29) is 31.0 Å². The number of aromatic nitrogens is 1. The van der Waals surface area contributed by atoms with Crippen LogP contribution in [-0.4, -0.2) is 55.3 Å². The van der Waals surface area contributed by atoms with Crippen molar-refractivity contribution in [1.82, 2.24) is 9.88 Å². The number of allylic oxidation sites excluding steroid dienone is 1. The van der Waals surface area contributed by atoms with Crippen LogP contribution in [0.15, 0.2) is 66.7 Å². The van der Waals surface area contributed by atoms with E-state index >= 15 is 0 Å². The van der Waals surface area contributed by atoms with E-state index in [0.717, 1.165) is 30.6 Å². The minimum absolute atomic E-state index is 0.139. The van der Waals surface area contributed by atoms with Crippen LogP contribution < -0.4 is 5.32 Å². The summed E-state index contributed by atoms with van der Waals surface area (Å²) in [6.45, 7) is 2.16. The summed E-state index contributed by atoms with van der Waals surface area (Å²) in [4.78, 5) is 31.7. The van der Waals surface area contributed by atoms with Crippen LogP contribution in [0, 0.1) is 11.3 Å². The zero-order valence-electron chi connectivity index (χ0n) is 20.9. The van der Waals surface area contributed by atoms with Crippen molar-refractivity contribution in [1.29, 1.82) is 0 Å². The molecule has 1 N–H and O–H groups in total. The maximum atomic E-state index is 12.9. The lowest BCUT2D eigenvalue weighted by atomic mass is 9.64. The number of carbonyl (C=O) groups is 2. The molecule has 0 radical (unpaired) electrons. The van der Waals surface area contributed by atoms with E-state index in [1.807, 2.05) is 41.3 Å². The lowest BCUT2D eigenvalue weighted by molar-refractivity contribution is -0.146. The van der Waals surface area contributed by atoms with E-state index in [1.54, 1.807) is 12.5 Å². The molecule has 0 aliphatic carbocycles. The number of hydrogen-bond donors (Lipinski definition) is 1. The molecule has 0 saturated carbocycles. The molecule has 8 heteroatoms. The molecule has 1 amide bonds. The lowest BCUT2D eigenvalue weighted by Crippen LogP contribution is -2.46. The van der Waals surface area contributed by atoms with Gasteiger partial charge in [0, 0.05) is 37.7 Å². The fourth-order valence-corrected chi connectivity index (χ4v) is 5.28. The number of carbonyl (C=O) groups excluding carboxylic acids is 2. The van der Waals surface area contributed by atoms with Gasteiger partial charge in [0.2, 0.25) is 12.7 Å². The normalized spacial score (nSPS) is 17.4. The molecule has 0 spiro atoms. The molecule has 1 fully saturated rings. The number of piperidine rings is 1. The molecule has 2 aliphatic rings. The number of likely N-dealkylation sites (tertiary alicyclic amines) is 1. The summed E-state index contributed by atoms with van der Waals surface area (Å²) in [5.41, 5.74) is 0.531. The van der Waals surface area contributed by atoms with E-state index in [2.05, 4.69) is 22.4 Å². The topological polar surface area (TPSA) is 90.0 Å². The molecule has 3 heterocycles. The van der Waals surface area contributed by atoms with Gasteiger partial charge in [-0.1, -0.05) is 36.4 Å². The monoisotopic (exact) mass is 493 g/mol. The van der Waals surface area contributed by atoms with Gasteiger partial charge in [0.15, 0.2) is 0 Å². The number of benzene rings is 1. The fraction of sp³-hybridized carbons (Fsp3) is 0.464. The summed E-state index contributed by atoms with van der Waals surface area (Å²) in [6, 6.07) is 15.8. The van der Waals surface area contributed by atoms with Crippen LogP contribution in [-0.2, 0) is 30.2 Å². The molecule has 192 valence electrons. The first-order valence-electron chi connectivity index (χ1n) is 12.6. The first-order valence-corrected chi connectivity index (χ1v) is 12.6. The fourth-order valence-electron chi connectivity index (χ4n) is 5.28. The molecular weight excluding hydrogens is 458 g/mol. The van der Waals surface area contributed by atoms with Crippen molar-refractivity contribution in [2.45, 2.75) is 38.5 Å². The zero-order valence-corrected chi connectivity index (χ0v) is 20.9. The Kier molecular flexibility index (Phi) is 8.81. The minimum atomic E-state index is -0.591. The predicted molar refractivity (Wildman–Crippen MR) is 136 cm³/mol. The number of methoxy groups -OCH3 is 1. The number of anilines is 1. The minimum Gasteiger partial charge on any atom is -0.469 e. The van der Waals surface area contributed by atoms with Crippen LogP contribution in [0.3, 0.4) is 0 Å². The van der Waals surface area contributed by atoms with Gasteiger partial charge >= 0.3 is 5.97 Å². The van der Waals surface area contributed by atoms with Crippen LogP contribution in [0.25, 0.3) is 0 Å². The van der Waals surface area contributed by atoms with Gasteiger partial charge in [-0.05, 0) is 49.3 Å². The van der Waals surface area contributed by atoms with Crippen LogP contribution in [0.2, 0.25) is 0 Å². The maximum absolute atomic E-state index is 12.9. The van der Waals surface area contributed by atoms with Crippen LogP contribution >= 0.6 is 0 Å². The average molecular weight is 494 g/mol. The second-order valence-electron chi connectivity index (χ2n) is 9.38. The molecule has 8 nitrogen and oxygen atoms in total. The summed E-state index contributed by atoms with van der Waals surface area (Å²) in [5, 5.41) is 3.25. The maximum Gasteiger partial charge on any atom is 0.306 e. The van der Waals surface area contributed by atoms with E-state index in [4.69, 9.17) is 14.2 Å². The van der Waals surface area contributed by atoms with Gasteiger partial charge in [0.1, 0.15) is 17.8 Å². The van der Waals surface area contributed by atoms with Crippen molar-refractivity contribution in [3.8, 4) is 0 Å². The van der Waals surface area contributed by atoms with Gasteiger partial charge in [0.25, 0.3) is 0 Å². The SMILES string of the molecule is COC(=O)CC(Cc1ccccc1)(C1=COCO1)C1CCN(C(=O)CCCNc2ccccn2)CC1. The van der Waals surface area contributed by atoms with E-state index in [9.17, 15) is 9.59 Å². The molecule has 1 aromatic heterocycles. The van der Waals surface area contributed by atoms with Crippen molar-refractivity contribution < 1.29 is 23.8 Å². The number of pyridine rings is 1. The van der Waals surface area contributed by atoms with Gasteiger partial charge in [-0.15, -0.1) is 0 Å². The number of esters is 1.